The van der Waals surface area contributed by atoms with Crippen LogP contribution in [0.4, 0.5) is 0 Å². The normalized spacial score (nSPS) is 14.9. The zero-order chi connectivity index (χ0) is 19.1. The first kappa shape index (κ1) is 24.1. The summed E-state index contributed by atoms with van der Waals surface area (Å²) < 4.78 is 0. The fraction of sp³-hybridized carbons (Fsp3) is 0.900. The molecule has 0 aliphatic carbocycles. The molecule has 0 heterocycles. The van der Waals surface area contributed by atoms with E-state index in [-0.39, 0.29) is 5.92 Å². The van der Waals surface area contributed by atoms with Gasteiger partial charge in [-0.2, -0.15) is 0 Å². The number of Topliss-reactive ketones (excluding diaryl/α,β-unsaturated/α-hetero) is 1. The fourth-order valence-corrected chi connectivity index (χ4v) is 3.05. The maximum absolute atomic E-state index is 11.7. The second kappa shape index (κ2) is 14.3. The molecule has 1 unspecified atom stereocenters. The highest BCUT2D eigenvalue weighted by atomic mass is 16.4. The molecule has 0 spiro atoms. The van der Waals surface area contributed by atoms with Gasteiger partial charge >= 0.3 is 5.97 Å². The van der Waals surface area contributed by atoms with E-state index in [9.17, 15) is 14.7 Å². The molecule has 25 heavy (non-hydrogen) atoms. The molecule has 4 N–H and O–H groups in total. The van der Waals surface area contributed by atoms with Crippen molar-refractivity contribution >= 4 is 11.8 Å². The first-order valence-corrected chi connectivity index (χ1v) is 10.0. The number of unbranched alkanes of at least 4 members (excludes halogenated alkanes) is 8. The number of aliphatic hydroxyl groups is 1. The summed E-state index contributed by atoms with van der Waals surface area (Å²) in [4.78, 5) is 22.9. The van der Waals surface area contributed by atoms with Crippen LogP contribution in [0.15, 0.2) is 0 Å². The van der Waals surface area contributed by atoms with E-state index < -0.39 is 18.1 Å². The Morgan fingerprint density at radius 2 is 1.40 bits per heavy atom. The van der Waals surface area contributed by atoms with Gasteiger partial charge in [0.1, 0.15) is 11.3 Å². The average Bonchev–Trinajstić information content (AvgIpc) is 2.59. The lowest BCUT2D eigenvalue weighted by atomic mass is 9.83. The van der Waals surface area contributed by atoms with Gasteiger partial charge in [-0.1, -0.05) is 65.2 Å². The van der Waals surface area contributed by atoms with Gasteiger partial charge in [-0.15, -0.1) is 0 Å². The first-order chi connectivity index (χ1) is 11.9. The van der Waals surface area contributed by atoms with E-state index in [1.165, 1.54) is 19.3 Å². The first-order valence-electron chi connectivity index (χ1n) is 10.0. The lowest BCUT2D eigenvalue weighted by molar-refractivity contribution is -0.147. The van der Waals surface area contributed by atoms with Crippen molar-refractivity contribution in [3.63, 3.8) is 0 Å². The van der Waals surface area contributed by atoms with Crippen LogP contribution in [0, 0.1) is 5.92 Å². The average molecular weight is 358 g/mol. The van der Waals surface area contributed by atoms with Gasteiger partial charge in [0.25, 0.3) is 0 Å². The molecule has 0 aliphatic rings. The number of carboxylic acids is 1. The van der Waals surface area contributed by atoms with Gasteiger partial charge in [-0.05, 0) is 25.2 Å². The number of hydrogen-bond acceptors (Lipinski definition) is 4. The fourth-order valence-electron chi connectivity index (χ4n) is 3.05. The third-order valence-electron chi connectivity index (χ3n) is 5.19. The highest BCUT2D eigenvalue weighted by Crippen LogP contribution is 2.22. The summed E-state index contributed by atoms with van der Waals surface area (Å²) in [6, 6.07) is 0. The van der Waals surface area contributed by atoms with Crippen molar-refractivity contribution in [1.29, 1.82) is 0 Å². The van der Waals surface area contributed by atoms with E-state index in [0.717, 1.165) is 51.4 Å². The molecule has 2 atom stereocenters. The minimum Gasteiger partial charge on any atom is -0.480 e. The summed E-state index contributed by atoms with van der Waals surface area (Å²) in [5.41, 5.74) is 4.23. The molecule has 0 aromatic carbocycles. The third-order valence-corrected chi connectivity index (χ3v) is 5.19. The van der Waals surface area contributed by atoms with Crippen LogP contribution in [0.2, 0.25) is 0 Å². The van der Waals surface area contributed by atoms with E-state index in [1.807, 2.05) is 0 Å². The molecule has 0 fully saturated rings. The Bertz CT molecular complexity index is 373. The molecule has 0 aromatic rings. The molecule has 0 bridgehead atoms. The molecular formula is C20H39NO4. The summed E-state index contributed by atoms with van der Waals surface area (Å²) in [6.07, 6.45) is 13.0. The maximum atomic E-state index is 11.7. The Morgan fingerprint density at radius 3 is 1.88 bits per heavy atom. The number of aliphatic hydroxyl groups excluding tert-OH is 1. The number of aliphatic carboxylic acids is 1. The molecule has 0 aromatic heterocycles. The van der Waals surface area contributed by atoms with Crippen molar-refractivity contribution in [2.75, 3.05) is 6.61 Å². The van der Waals surface area contributed by atoms with Crippen molar-refractivity contribution in [2.45, 2.75) is 103 Å². The van der Waals surface area contributed by atoms with E-state index in [0.29, 0.717) is 18.6 Å². The number of ketones is 1. The Balaban J connectivity index is 3.58. The van der Waals surface area contributed by atoms with Crippen molar-refractivity contribution in [3.05, 3.63) is 0 Å². The van der Waals surface area contributed by atoms with Crippen molar-refractivity contribution in [1.82, 2.24) is 0 Å². The van der Waals surface area contributed by atoms with Crippen LogP contribution in [-0.4, -0.2) is 34.1 Å². The van der Waals surface area contributed by atoms with E-state index >= 15 is 0 Å². The predicted octanol–water partition coefficient (Wildman–Crippen LogP) is 4.06. The summed E-state index contributed by atoms with van der Waals surface area (Å²) in [5.74, 6) is -0.982. The SMILES string of the molecule is CCCCCCC(=O)CCCCCCCCC(C)[C@@](N)(CO)C(=O)O. The van der Waals surface area contributed by atoms with Gasteiger partial charge < -0.3 is 15.9 Å². The molecule has 0 radical (unpaired) electrons. The van der Waals surface area contributed by atoms with Crippen LogP contribution in [0.1, 0.15) is 97.3 Å². The van der Waals surface area contributed by atoms with E-state index in [2.05, 4.69) is 6.92 Å². The Hall–Kier alpha value is -0.940. The number of carboxylic acid groups (broad SMARTS) is 1. The van der Waals surface area contributed by atoms with Crippen LogP contribution < -0.4 is 5.73 Å². The van der Waals surface area contributed by atoms with Crippen LogP contribution in [0.25, 0.3) is 0 Å². The molecule has 5 nitrogen and oxygen atoms in total. The Morgan fingerprint density at radius 1 is 0.920 bits per heavy atom. The lowest BCUT2D eigenvalue weighted by Crippen LogP contribution is -2.56. The van der Waals surface area contributed by atoms with Crippen LogP contribution in [-0.2, 0) is 9.59 Å². The summed E-state index contributed by atoms with van der Waals surface area (Å²) in [7, 11) is 0. The molecule has 5 heteroatoms. The molecule has 0 rings (SSSR count). The zero-order valence-electron chi connectivity index (χ0n) is 16.3. The van der Waals surface area contributed by atoms with Crippen molar-refractivity contribution in [2.24, 2.45) is 11.7 Å². The zero-order valence-corrected chi connectivity index (χ0v) is 16.3. The predicted molar refractivity (Wildman–Crippen MR) is 102 cm³/mol. The highest BCUT2D eigenvalue weighted by molar-refractivity contribution is 5.79. The Kier molecular flexibility index (Phi) is 13.7. The van der Waals surface area contributed by atoms with Gasteiger partial charge in [-0.3, -0.25) is 9.59 Å². The number of hydrogen-bond donors (Lipinski definition) is 3. The molecular weight excluding hydrogens is 318 g/mol. The minimum atomic E-state index is -1.53. The third kappa shape index (κ3) is 10.6. The van der Waals surface area contributed by atoms with Gasteiger partial charge in [0.15, 0.2) is 0 Å². The molecule has 0 amide bonds. The quantitative estimate of drug-likeness (QED) is 0.341. The monoisotopic (exact) mass is 357 g/mol. The van der Waals surface area contributed by atoms with Crippen LogP contribution >= 0.6 is 0 Å². The number of nitrogens with two attached hydrogens (primary N) is 1. The van der Waals surface area contributed by atoms with Gasteiger partial charge in [0.2, 0.25) is 0 Å². The topological polar surface area (TPSA) is 101 Å². The van der Waals surface area contributed by atoms with E-state index in [4.69, 9.17) is 10.8 Å². The smallest absolute Gasteiger partial charge is 0.326 e. The maximum Gasteiger partial charge on any atom is 0.326 e. The molecule has 148 valence electrons. The van der Waals surface area contributed by atoms with E-state index in [1.54, 1.807) is 6.92 Å². The lowest BCUT2D eigenvalue weighted by Gasteiger charge is -2.29. The number of rotatable bonds is 17. The summed E-state index contributed by atoms with van der Waals surface area (Å²) in [5, 5.41) is 18.3. The summed E-state index contributed by atoms with van der Waals surface area (Å²) >= 11 is 0. The Labute approximate surface area is 153 Å². The highest BCUT2D eigenvalue weighted by Gasteiger charge is 2.38. The largest absolute Gasteiger partial charge is 0.480 e. The van der Waals surface area contributed by atoms with Gasteiger partial charge in [-0.25, -0.2) is 0 Å². The van der Waals surface area contributed by atoms with Crippen LogP contribution in [0.3, 0.4) is 0 Å². The number of carbonyl (C=O) groups is 2. The molecule has 0 aliphatic heterocycles. The van der Waals surface area contributed by atoms with Gasteiger partial charge in [0, 0.05) is 12.8 Å². The molecule has 0 saturated heterocycles. The summed E-state index contributed by atoms with van der Waals surface area (Å²) in [6.45, 7) is 3.43. The second-order valence-electron chi connectivity index (χ2n) is 7.41. The van der Waals surface area contributed by atoms with Crippen molar-refractivity contribution < 1.29 is 19.8 Å². The minimum absolute atomic E-state index is 0.250. The standard InChI is InChI=1S/C20H39NO4/c1-3-4-5-11-14-18(23)15-12-9-7-6-8-10-13-17(2)20(21,16-22)19(24)25/h17,22H,3-16,21H2,1-2H3,(H,24,25)/t17?,20-/m0/s1. The number of carbonyl (C=O) groups excluding carboxylic acids is 1. The van der Waals surface area contributed by atoms with Gasteiger partial charge in [0.05, 0.1) is 6.61 Å². The van der Waals surface area contributed by atoms with Crippen molar-refractivity contribution in [3.8, 4) is 0 Å². The second-order valence-corrected chi connectivity index (χ2v) is 7.41. The molecule has 0 saturated carbocycles. The van der Waals surface area contributed by atoms with Crippen LogP contribution in [0.5, 0.6) is 0 Å².